The van der Waals surface area contributed by atoms with E-state index in [0.29, 0.717) is 5.69 Å². The first kappa shape index (κ1) is 18.1. The van der Waals surface area contributed by atoms with E-state index in [9.17, 15) is 9.59 Å². The van der Waals surface area contributed by atoms with Crippen LogP contribution in [0.25, 0.3) is 0 Å². The van der Waals surface area contributed by atoms with E-state index < -0.39 is 18.5 Å². The third-order valence-electron chi connectivity index (χ3n) is 3.32. The lowest BCUT2D eigenvalue weighted by Gasteiger charge is -2.11. The van der Waals surface area contributed by atoms with Crippen molar-refractivity contribution in [3.8, 4) is 0 Å². The fourth-order valence-electron chi connectivity index (χ4n) is 2.02. The van der Waals surface area contributed by atoms with Crippen LogP contribution in [0.15, 0.2) is 30.3 Å². The Balaban J connectivity index is 2.01. The summed E-state index contributed by atoms with van der Waals surface area (Å²) >= 11 is 11.7. The average molecular weight is 367 g/mol. The maximum Gasteiger partial charge on any atom is 0.340 e. The summed E-state index contributed by atoms with van der Waals surface area (Å²) in [7, 11) is 0. The number of aryl methyl sites for hydroxylation is 2. The highest BCUT2D eigenvalue weighted by Gasteiger charge is 2.16. The predicted molar refractivity (Wildman–Crippen MR) is 95.7 cm³/mol. The molecular weight excluding hydrogens is 351 g/mol. The molecule has 7 heteroatoms. The number of hydrogen-bond acceptors (Lipinski definition) is 4. The van der Waals surface area contributed by atoms with Gasteiger partial charge in [-0.1, -0.05) is 35.3 Å². The second-order valence-corrected chi connectivity index (χ2v) is 6.14. The van der Waals surface area contributed by atoms with Crippen LogP contribution in [0.4, 0.5) is 11.4 Å². The van der Waals surface area contributed by atoms with E-state index in [1.807, 2.05) is 32.0 Å². The topological polar surface area (TPSA) is 81.4 Å². The van der Waals surface area contributed by atoms with Crippen molar-refractivity contribution in [3.63, 3.8) is 0 Å². The number of nitrogens with one attached hydrogen (secondary N) is 1. The van der Waals surface area contributed by atoms with E-state index in [1.54, 1.807) is 0 Å². The molecule has 0 aromatic heterocycles. The van der Waals surface area contributed by atoms with Gasteiger partial charge in [-0.05, 0) is 43.2 Å². The van der Waals surface area contributed by atoms with Gasteiger partial charge in [0.1, 0.15) is 0 Å². The van der Waals surface area contributed by atoms with Gasteiger partial charge in [0.2, 0.25) is 0 Å². The van der Waals surface area contributed by atoms with E-state index >= 15 is 0 Å². The van der Waals surface area contributed by atoms with E-state index in [1.165, 1.54) is 12.1 Å². The number of carbonyl (C=O) groups excluding carboxylic acids is 2. The van der Waals surface area contributed by atoms with Gasteiger partial charge in [0, 0.05) is 10.7 Å². The predicted octanol–water partition coefficient (Wildman–Crippen LogP) is 3.99. The number of esters is 1. The molecule has 1 amide bonds. The van der Waals surface area contributed by atoms with Crippen LogP contribution < -0.4 is 11.1 Å². The number of nitrogens with two attached hydrogens (primary N) is 1. The van der Waals surface area contributed by atoms with Crippen LogP contribution in [0.2, 0.25) is 10.0 Å². The molecule has 0 unspecified atom stereocenters. The Morgan fingerprint density at radius 1 is 1.17 bits per heavy atom. The minimum absolute atomic E-state index is 0.0204. The molecule has 0 saturated carbocycles. The van der Waals surface area contributed by atoms with Crippen molar-refractivity contribution in [1.82, 2.24) is 0 Å². The van der Waals surface area contributed by atoms with Crippen LogP contribution in [0, 0.1) is 13.8 Å². The zero-order valence-electron chi connectivity index (χ0n) is 13.2. The molecule has 2 aromatic carbocycles. The average Bonchev–Trinajstić information content (AvgIpc) is 2.52. The minimum atomic E-state index is -0.770. The number of rotatable bonds is 4. The molecule has 0 spiro atoms. The second-order valence-electron chi connectivity index (χ2n) is 5.29. The summed E-state index contributed by atoms with van der Waals surface area (Å²) < 4.78 is 4.97. The first-order valence-electron chi connectivity index (χ1n) is 7.06. The Bertz CT molecular complexity index is 807. The number of amides is 1. The van der Waals surface area contributed by atoms with Crippen molar-refractivity contribution < 1.29 is 14.3 Å². The lowest BCUT2D eigenvalue weighted by molar-refractivity contribution is -0.119. The lowest BCUT2D eigenvalue weighted by atomic mass is 10.1. The Hall–Kier alpha value is -2.24. The molecule has 0 fully saturated rings. The van der Waals surface area contributed by atoms with Crippen LogP contribution in [-0.4, -0.2) is 18.5 Å². The Morgan fingerprint density at radius 2 is 1.88 bits per heavy atom. The maximum atomic E-state index is 12.0. The summed E-state index contributed by atoms with van der Waals surface area (Å²) in [5.41, 5.74) is 8.39. The maximum absolute atomic E-state index is 12.0. The van der Waals surface area contributed by atoms with Crippen molar-refractivity contribution in [2.45, 2.75) is 13.8 Å². The molecule has 3 N–H and O–H groups in total. The quantitative estimate of drug-likeness (QED) is 0.633. The number of ether oxygens (including phenoxy) is 1. The number of hydrogen-bond donors (Lipinski definition) is 2. The highest BCUT2D eigenvalue weighted by Crippen LogP contribution is 2.28. The highest BCUT2D eigenvalue weighted by molar-refractivity contribution is 6.37. The molecule has 0 aliphatic rings. The lowest BCUT2D eigenvalue weighted by Crippen LogP contribution is -2.21. The zero-order valence-corrected chi connectivity index (χ0v) is 14.7. The summed E-state index contributed by atoms with van der Waals surface area (Å²) in [5.74, 6) is -1.23. The first-order chi connectivity index (χ1) is 11.3. The third kappa shape index (κ3) is 4.40. The van der Waals surface area contributed by atoms with Crippen molar-refractivity contribution in [1.29, 1.82) is 0 Å². The van der Waals surface area contributed by atoms with Gasteiger partial charge in [-0.3, -0.25) is 4.79 Å². The molecule has 0 aliphatic heterocycles. The Kier molecular flexibility index (Phi) is 5.70. The highest BCUT2D eigenvalue weighted by atomic mass is 35.5. The van der Waals surface area contributed by atoms with Crippen LogP contribution >= 0.6 is 23.2 Å². The van der Waals surface area contributed by atoms with Crippen molar-refractivity contribution in [3.05, 3.63) is 57.1 Å². The summed E-state index contributed by atoms with van der Waals surface area (Å²) in [6, 6.07) is 8.43. The normalized spacial score (nSPS) is 10.3. The molecule has 0 bridgehead atoms. The SMILES string of the molecule is Cc1ccc(C)c(NC(=O)COC(=O)c2cc(Cl)cc(Cl)c2N)c1. The van der Waals surface area contributed by atoms with E-state index in [-0.39, 0.29) is 21.3 Å². The number of carbonyl (C=O) groups is 2. The summed E-state index contributed by atoms with van der Waals surface area (Å²) in [6.45, 7) is 3.34. The fourth-order valence-corrected chi connectivity index (χ4v) is 2.51. The molecule has 2 rings (SSSR count). The Labute approximate surface area is 149 Å². The zero-order chi connectivity index (χ0) is 17.9. The first-order valence-corrected chi connectivity index (χ1v) is 7.82. The molecule has 0 radical (unpaired) electrons. The second kappa shape index (κ2) is 7.55. The molecule has 0 atom stereocenters. The molecule has 126 valence electrons. The molecule has 5 nitrogen and oxygen atoms in total. The number of halogens is 2. The van der Waals surface area contributed by atoms with E-state index in [4.69, 9.17) is 33.7 Å². The van der Waals surface area contributed by atoms with Gasteiger partial charge < -0.3 is 15.8 Å². The number of nitrogen functional groups attached to an aromatic ring is 1. The summed E-state index contributed by atoms with van der Waals surface area (Å²) in [4.78, 5) is 24.0. The third-order valence-corrected chi connectivity index (χ3v) is 3.85. The largest absolute Gasteiger partial charge is 0.452 e. The minimum Gasteiger partial charge on any atom is -0.452 e. The van der Waals surface area contributed by atoms with Crippen molar-refractivity contribution >= 4 is 46.5 Å². The fraction of sp³-hybridized carbons (Fsp3) is 0.176. The summed E-state index contributed by atoms with van der Waals surface area (Å²) in [6.07, 6.45) is 0. The van der Waals surface area contributed by atoms with Crippen LogP contribution in [0.3, 0.4) is 0 Å². The monoisotopic (exact) mass is 366 g/mol. The van der Waals surface area contributed by atoms with Gasteiger partial charge in [-0.2, -0.15) is 0 Å². The molecular formula is C17H16Cl2N2O3. The summed E-state index contributed by atoms with van der Waals surface area (Å²) in [5, 5.41) is 3.09. The van der Waals surface area contributed by atoms with Gasteiger partial charge in [0.05, 0.1) is 16.3 Å². The van der Waals surface area contributed by atoms with Crippen molar-refractivity contribution in [2.24, 2.45) is 0 Å². The van der Waals surface area contributed by atoms with Gasteiger partial charge in [0.25, 0.3) is 5.91 Å². The smallest absolute Gasteiger partial charge is 0.340 e. The van der Waals surface area contributed by atoms with Gasteiger partial charge in [0.15, 0.2) is 6.61 Å². The molecule has 0 heterocycles. The standard InChI is InChI=1S/C17H16Cl2N2O3/c1-9-3-4-10(2)14(5-9)21-15(22)8-24-17(23)12-6-11(18)7-13(19)16(12)20/h3-7H,8,20H2,1-2H3,(H,21,22). The van der Waals surface area contributed by atoms with Gasteiger partial charge in [-0.25, -0.2) is 4.79 Å². The molecule has 24 heavy (non-hydrogen) atoms. The van der Waals surface area contributed by atoms with Crippen molar-refractivity contribution in [2.75, 3.05) is 17.7 Å². The molecule has 0 aliphatic carbocycles. The van der Waals surface area contributed by atoms with Crippen LogP contribution in [-0.2, 0) is 9.53 Å². The number of benzene rings is 2. The van der Waals surface area contributed by atoms with E-state index in [2.05, 4.69) is 5.32 Å². The van der Waals surface area contributed by atoms with Gasteiger partial charge in [-0.15, -0.1) is 0 Å². The van der Waals surface area contributed by atoms with Crippen LogP contribution in [0.5, 0.6) is 0 Å². The Morgan fingerprint density at radius 3 is 2.58 bits per heavy atom. The number of anilines is 2. The van der Waals surface area contributed by atoms with E-state index in [0.717, 1.165) is 11.1 Å². The molecule has 2 aromatic rings. The van der Waals surface area contributed by atoms with Crippen LogP contribution in [0.1, 0.15) is 21.5 Å². The van der Waals surface area contributed by atoms with Gasteiger partial charge >= 0.3 is 5.97 Å². The molecule has 0 saturated heterocycles.